The Morgan fingerprint density at radius 3 is 2.48 bits per heavy atom. The summed E-state index contributed by atoms with van der Waals surface area (Å²) >= 11 is 11.5. The standard InChI is InChI=1S/C22H21ClN2O3S/c1-13(2)14-3-5-15(6-4-14)21(27)25-22(29)24-16-7-9-19(23)18(11-16)20-10-8-17(12-26)28-20/h3-11,13,26H,12H2,1-2H3,(H2,24,25,27,29). The molecule has 3 rings (SSSR count). The Kier molecular flexibility index (Phi) is 6.69. The van der Waals surface area contributed by atoms with Crippen LogP contribution in [0.4, 0.5) is 5.69 Å². The number of amides is 1. The Morgan fingerprint density at radius 1 is 1.14 bits per heavy atom. The van der Waals surface area contributed by atoms with E-state index >= 15 is 0 Å². The molecule has 5 nitrogen and oxygen atoms in total. The van der Waals surface area contributed by atoms with Crippen LogP contribution in [0, 0.1) is 0 Å². The van der Waals surface area contributed by atoms with Gasteiger partial charge in [-0.1, -0.05) is 37.6 Å². The van der Waals surface area contributed by atoms with Crippen molar-refractivity contribution in [3.8, 4) is 11.3 Å². The maximum absolute atomic E-state index is 12.4. The second-order valence-corrected chi connectivity index (χ2v) is 7.62. The zero-order chi connectivity index (χ0) is 21.0. The highest BCUT2D eigenvalue weighted by molar-refractivity contribution is 7.80. The SMILES string of the molecule is CC(C)c1ccc(C(=O)NC(=S)Nc2ccc(Cl)c(-c3ccc(CO)o3)c2)cc1. The lowest BCUT2D eigenvalue weighted by Gasteiger charge is -2.12. The third-order valence-electron chi connectivity index (χ3n) is 4.37. The monoisotopic (exact) mass is 428 g/mol. The summed E-state index contributed by atoms with van der Waals surface area (Å²) in [5.74, 6) is 1.09. The first-order chi connectivity index (χ1) is 13.9. The van der Waals surface area contributed by atoms with Crippen LogP contribution in [0.25, 0.3) is 11.3 Å². The molecule has 3 aromatic rings. The van der Waals surface area contributed by atoms with E-state index in [1.165, 1.54) is 5.56 Å². The third kappa shape index (κ3) is 5.23. The van der Waals surface area contributed by atoms with Gasteiger partial charge in [0.25, 0.3) is 5.91 Å². The van der Waals surface area contributed by atoms with E-state index in [1.54, 1.807) is 42.5 Å². The molecule has 0 unspecified atom stereocenters. The van der Waals surface area contributed by atoms with Crippen molar-refractivity contribution >= 4 is 40.5 Å². The summed E-state index contributed by atoms with van der Waals surface area (Å²) in [6.45, 7) is 4.01. The molecule has 29 heavy (non-hydrogen) atoms. The van der Waals surface area contributed by atoms with E-state index in [-0.39, 0.29) is 17.6 Å². The van der Waals surface area contributed by atoms with Gasteiger partial charge in [0, 0.05) is 16.8 Å². The molecule has 0 fully saturated rings. The largest absolute Gasteiger partial charge is 0.459 e. The first-order valence-electron chi connectivity index (χ1n) is 9.09. The molecular formula is C22H21ClN2O3S. The molecule has 3 N–H and O–H groups in total. The number of hydrogen-bond donors (Lipinski definition) is 3. The van der Waals surface area contributed by atoms with Gasteiger partial charge in [-0.25, -0.2) is 0 Å². The van der Waals surface area contributed by atoms with Gasteiger partial charge in [-0.15, -0.1) is 0 Å². The molecule has 0 saturated carbocycles. The van der Waals surface area contributed by atoms with Crippen molar-refractivity contribution in [1.82, 2.24) is 5.32 Å². The predicted octanol–water partition coefficient (Wildman–Crippen LogP) is 5.34. The molecule has 0 aliphatic carbocycles. The molecule has 0 radical (unpaired) electrons. The lowest BCUT2D eigenvalue weighted by atomic mass is 10.0. The lowest BCUT2D eigenvalue weighted by molar-refractivity contribution is 0.0977. The Labute approximate surface area is 179 Å². The smallest absolute Gasteiger partial charge is 0.257 e. The summed E-state index contributed by atoms with van der Waals surface area (Å²) in [7, 11) is 0. The second-order valence-electron chi connectivity index (χ2n) is 6.80. The van der Waals surface area contributed by atoms with Gasteiger partial charge < -0.3 is 14.8 Å². The normalized spacial score (nSPS) is 10.8. The summed E-state index contributed by atoms with van der Waals surface area (Å²) in [5.41, 5.74) is 2.99. The van der Waals surface area contributed by atoms with Crippen LogP contribution in [0.5, 0.6) is 0 Å². The van der Waals surface area contributed by atoms with Crippen molar-refractivity contribution in [2.75, 3.05) is 5.32 Å². The fourth-order valence-electron chi connectivity index (χ4n) is 2.76. The number of aliphatic hydroxyl groups excluding tert-OH is 1. The number of anilines is 1. The number of rotatable bonds is 5. The maximum atomic E-state index is 12.4. The number of carbonyl (C=O) groups excluding carboxylic acids is 1. The molecule has 2 aromatic carbocycles. The van der Waals surface area contributed by atoms with Gasteiger partial charge in [0.15, 0.2) is 5.11 Å². The van der Waals surface area contributed by atoms with Crippen LogP contribution in [-0.2, 0) is 6.61 Å². The summed E-state index contributed by atoms with van der Waals surface area (Å²) in [4.78, 5) is 12.4. The van der Waals surface area contributed by atoms with Gasteiger partial charge in [0.2, 0.25) is 0 Å². The Hall–Kier alpha value is -2.67. The Morgan fingerprint density at radius 2 is 1.86 bits per heavy atom. The number of thiocarbonyl (C=S) groups is 1. The van der Waals surface area contributed by atoms with Crippen molar-refractivity contribution in [3.05, 3.63) is 76.5 Å². The molecule has 150 valence electrons. The summed E-state index contributed by atoms with van der Waals surface area (Å²) < 4.78 is 5.54. The topological polar surface area (TPSA) is 74.5 Å². The number of nitrogens with one attached hydrogen (secondary N) is 2. The van der Waals surface area contributed by atoms with Crippen LogP contribution in [-0.4, -0.2) is 16.1 Å². The van der Waals surface area contributed by atoms with Gasteiger partial charge in [-0.3, -0.25) is 10.1 Å². The maximum Gasteiger partial charge on any atom is 0.257 e. The van der Waals surface area contributed by atoms with Crippen molar-refractivity contribution in [1.29, 1.82) is 0 Å². The fraction of sp³-hybridized carbons (Fsp3) is 0.182. The van der Waals surface area contributed by atoms with Crippen LogP contribution in [0.1, 0.15) is 41.4 Å². The fourth-order valence-corrected chi connectivity index (χ4v) is 3.18. The number of furan rings is 1. The molecule has 0 aliphatic rings. The highest BCUT2D eigenvalue weighted by Gasteiger charge is 2.12. The van der Waals surface area contributed by atoms with E-state index in [0.717, 1.165) is 0 Å². The van der Waals surface area contributed by atoms with Crippen molar-refractivity contribution in [2.45, 2.75) is 26.4 Å². The number of aliphatic hydroxyl groups is 1. The van der Waals surface area contributed by atoms with E-state index in [0.29, 0.717) is 39.3 Å². The van der Waals surface area contributed by atoms with Crippen molar-refractivity contribution < 1.29 is 14.3 Å². The van der Waals surface area contributed by atoms with E-state index < -0.39 is 0 Å². The van der Waals surface area contributed by atoms with Crippen LogP contribution in [0.3, 0.4) is 0 Å². The van der Waals surface area contributed by atoms with Crippen LogP contribution >= 0.6 is 23.8 Å². The molecular weight excluding hydrogens is 408 g/mol. The number of carbonyl (C=O) groups is 1. The predicted molar refractivity (Wildman–Crippen MR) is 119 cm³/mol. The molecule has 1 amide bonds. The highest BCUT2D eigenvalue weighted by atomic mass is 35.5. The van der Waals surface area contributed by atoms with Gasteiger partial charge in [-0.05, 0) is 66.2 Å². The van der Waals surface area contributed by atoms with Gasteiger partial charge >= 0.3 is 0 Å². The van der Waals surface area contributed by atoms with Gasteiger partial charge in [0.1, 0.15) is 18.1 Å². The molecule has 0 saturated heterocycles. The summed E-state index contributed by atoms with van der Waals surface area (Å²) in [5, 5.41) is 15.5. The Balaban J connectivity index is 1.68. The number of hydrogen-bond acceptors (Lipinski definition) is 4. The first-order valence-corrected chi connectivity index (χ1v) is 9.87. The zero-order valence-corrected chi connectivity index (χ0v) is 17.6. The Bertz CT molecular complexity index is 1030. The molecule has 1 heterocycles. The molecule has 0 spiro atoms. The van der Waals surface area contributed by atoms with Gasteiger partial charge in [-0.2, -0.15) is 0 Å². The van der Waals surface area contributed by atoms with Crippen LogP contribution < -0.4 is 10.6 Å². The second kappa shape index (κ2) is 9.22. The van der Waals surface area contributed by atoms with E-state index in [9.17, 15) is 4.79 Å². The van der Waals surface area contributed by atoms with Crippen molar-refractivity contribution in [2.24, 2.45) is 0 Å². The molecule has 1 aromatic heterocycles. The number of benzene rings is 2. The molecule has 0 atom stereocenters. The van der Waals surface area contributed by atoms with Crippen LogP contribution in [0.2, 0.25) is 5.02 Å². The minimum atomic E-state index is -0.286. The van der Waals surface area contributed by atoms with E-state index in [2.05, 4.69) is 24.5 Å². The summed E-state index contributed by atoms with van der Waals surface area (Å²) in [6, 6.07) is 16.1. The van der Waals surface area contributed by atoms with Crippen molar-refractivity contribution in [3.63, 3.8) is 0 Å². The minimum absolute atomic E-state index is 0.173. The molecule has 0 bridgehead atoms. The molecule has 0 aliphatic heterocycles. The van der Waals surface area contributed by atoms with Crippen LogP contribution in [0.15, 0.2) is 59.0 Å². The summed E-state index contributed by atoms with van der Waals surface area (Å²) in [6.07, 6.45) is 0. The lowest BCUT2D eigenvalue weighted by Crippen LogP contribution is -2.34. The minimum Gasteiger partial charge on any atom is -0.459 e. The van der Waals surface area contributed by atoms with Gasteiger partial charge in [0.05, 0.1) is 5.02 Å². The third-order valence-corrected chi connectivity index (χ3v) is 4.91. The number of halogens is 1. The highest BCUT2D eigenvalue weighted by Crippen LogP contribution is 2.32. The first kappa shape index (κ1) is 21.0. The van der Waals surface area contributed by atoms with E-state index in [4.69, 9.17) is 33.3 Å². The average Bonchev–Trinajstić information content (AvgIpc) is 3.18. The molecule has 7 heteroatoms. The van der Waals surface area contributed by atoms with E-state index in [1.807, 2.05) is 12.1 Å². The zero-order valence-electron chi connectivity index (χ0n) is 16.0. The average molecular weight is 429 g/mol. The quantitative estimate of drug-likeness (QED) is 0.478.